The minimum atomic E-state index is -0.997. The highest BCUT2D eigenvalue weighted by molar-refractivity contribution is 5.85. The molecule has 3 N–H and O–H groups in total. The fourth-order valence-electron chi connectivity index (χ4n) is 1.97. The number of hydrogen-bond acceptors (Lipinski definition) is 6. The van der Waals surface area contributed by atoms with E-state index in [1.165, 1.54) is 11.0 Å². The molecule has 0 radical (unpaired) electrons. The zero-order chi connectivity index (χ0) is 15.3. The third-order valence-electron chi connectivity index (χ3n) is 3.31. The molecule has 1 unspecified atom stereocenters. The van der Waals surface area contributed by atoms with Crippen molar-refractivity contribution in [2.24, 2.45) is 5.73 Å². The lowest BCUT2D eigenvalue weighted by molar-refractivity contribution is -0.124. The molecular weight excluding hydrogens is 272 g/mol. The quantitative estimate of drug-likeness (QED) is 0.672. The average Bonchev–Trinajstić information content (AvgIpc) is 3.01. The van der Waals surface area contributed by atoms with E-state index >= 15 is 0 Å². The van der Waals surface area contributed by atoms with Gasteiger partial charge in [0.25, 0.3) is 0 Å². The highest BCUT2D eigenvalue weighted by Crippen LogP contribution is 2.22. The summed E-state index contributed by atoms with van der Waals surface area (Å²) in [4.78, 5) is 11.9. The molecule has 1 heterocycles. The molecule has 8 nitrogen and oxygen atoms in total. The lowest BCUT2D eigenvalue weighted by atomic mass is 9.90. The van der Waals surface area contributed by atoms with Crippen molar-refractivity contribution in [2.75, 3.05) is 20.3 Å². The zero-order valence-corrected chi connectivity index (χ0v) is 12.0. The first kappa shape index (κ1) is 15.1. The van der Waals surface area contributed by atoms with Crippen molar-refractivity contribution in [3.05, 3.63) is 36.2 Å². The molecule has 0 saturated heterocycles. The molecule has 21 heavy (non-hydrogen) atoms. The fourth-order valence-corrected chi connectivity index (χ4v) is 1.97. The van der Waals surface area contributed by atoms with Crippen molar-refractivity contribution in [2.45, 2.75) is 12.5 Å². The van der Waals surface area contributed by atoms with Crippen LogP contribution in [0.4, 0.5) is 0 Å². The number of aromatic nitrogens is 4. The zero-order valence-electron chi connectivity index (χ0n) is 12.0. The number of benzene rings is 1. The summed E-state index contributed by atoms with van der Waals surface area (Å²) in [7, 11) is 1.60. The number of nitrogens with zero attached hydrogens (tertiary/aromatic N) is 4. The summed E-state index contributed by atoms with van der Waals surface area (Å²) in [5, 5.41) is 14.1. The maximum atomic E-state index is 11.9. The van der Waals surface area contributed by atoms with Gasteiger partial charge in [-0.15, -0.1) is 5.10 Å². The van der Waals surface area contributed by atoms with Gasteiger partial charge in [-0.05, 0) is 35.0 Å². The van der Waals surface area contributed by atoms with Gasteiger partial charge in [-0.2, -0.15) is 0 Å². The van der Waals surface area contributed by atoms with E-state index in [2.05, 4.69) is 20.8 Å². The normalized spacial score (nSPS) is 13.8. The van der Waals surface area contributed by atoms with Crippen molar-refractivity contribution in [1.29, 1.82) is 0 Å². The largest absolute Gasteiger partial charge is 0.383 e. The highest BCUT2D eigenvalue weighted by Gasteiger charge is 2.32. The van der Waals surface area contributed by atoms with Crippen LogP contribution in [0, 0.1) is 0 Å². The van der Waals surface area contributed by atoms with Crippen molar-refractivity contribution in [1.82, 2.24) is 25.5 Å². The number of nitrogens with one attached hydrogen (secondary N) is 1. The van der Waals surface area contributed by atoms with Gasteiger partial charge in [0.2, 0.25) is 5.91 Å². The molecule has 112 valence electrons. The summed E-state index contributed by atoms with van der Waals surface area (Å²) in [6.45, 7) is 2.73. The third kappa shape index (κ3) is 3.23. The molecule has 0 fully saturated rings. The van der Waals surface area contributed by atoms with Gasteiger partial charge in [0, 0.05) is 13.7 Å². The van der Waals surface area contributed by atoms with Crippen LogP contribution in [0.15, 0.2) is 30.6 Å². The van der Waals surface area contributed by atoms with Gasteiger partial charge in [-0.25, -0.2) is 4.68 Å². The monoisotopic (exact) mass is 290 g/mol. The van der Waals surface area contributed by atoms with E-state index in [9.17, 15) is 4.79 Å². The number of tetrazole rings is 1. The van der Waals surface area contributed by atoms with Crippen LogP contribution in [-0.2, 0) is 15.1 Å². The molecule has 1 amide bonds. The lowest BCUT2D eigenvalue weighted by Gasteiger charge is -2.28. The maximum Gasteiger partial charge on any atom is 0.242 e. The Morgan fingerprint density at radius 2 is 2.33 bits per heavy atom. The Morgan fingerprint density at radius 1 is 1.52 bits per heavy atom. The fraction of sp³-hybridized carbons (Fsp3) is 0.385. The van der Waals surface area contributed by atoms with Crippen LogP contribution in [-0.4, -0.2) is 46.4 Å². The first-order valence-corrected chi connectivity index (χ1v) is 6.45. The molecule has 0 saturated carbocycles. The molecule has 8 heteroatoms. The number of primary amides is 1. The Bertz CT molecular complexity index is 600. The first-order chi connectivity index (χ1) is 10.1. The molecule has 1 atom stereocenters. The number of nitrogens with two attached hydrogens (primary N) is 1. The summed E-state index contributed by atoms with van der Waals surface area (Å²) < 4.78 is 6.50. The summed E-state index contributed by atoms with van der Waals surface area (Å²) in [6.07, 6.45) is 1.49. The van der Waals surface area contributed by atoms with Crippen molar-refractivity contribution in [3.63, 3.8) is 0 Å². The molecule has 0 aliphatic carbocycles. The summed E-state index contributed by atoms with van der Waals surface area (Å²) in [5.74, 6) is -0.465. The summed E-state index contributed by atoms with van der Waals surface area (Å²) in [6, 6.07) is 7.32. The van der Waals surface area contributed by atoms with E-state index in [1.807, 2.05) is 24.3 Å². The van der Waals surface area contributed by atoms with E-state index in [0.29, 0.717) is 13.2 Å². The van der Waals surface area contributed by atoms with Gasteiger partial charge in [-0.3, -0.25) is 10.1 Å². The minimum absolute atomic E-state index is 0.465. The summed E-state index contributed by atoms with van der Waals surface area (Å²) >= 11 is 0. The number of hydrogen-bond donors (Lipinski definition) is 2. The van der Waals surface area contributed by atoms with Crippen LogP contribution in [0.5, 0.6) is 0 Å². The second kappa shape index (κ2) is 6.42. The van der Waals surface area contributed by atoms with Gasteiger partial charge in [-0.1, -0.05) is 12.1 Å². The number of rotatable bonds is 7. The van der Waals surface area contributed by atoms with Crippen LogP contribution in [0.1, 0.15) is 12.5 Å². The van der Waals surface area contributed by atoms with Gasteiger partial charge in [0.05, 0.1) is 12.3 Å². The van der Waals surface area contributed by atoms with Crippen molar-refractivity contribution < 1.29 is 9.53 Å². The lowest BCUT2D eigenvalue weighted by Crippen LogP contribution is -2.51. The maximum absolute atomic E-state index is 11.9. The van der Waals surface area contributed by atoms with Crippen LogP contribution in [0.2, 0.25) is 0 Å². The number of amides is 1. The Morgan fingerprint density at radius 3 is 2.95 bits per heavy atom. The molecule has 2 rings (SSSR count). The molecule has 0 aliphatic rings. The third-order valence-corrected chi connectivity index (χ3v) is 3.31. The molecule has 1 aromatic carbocycles. The number of carbonyl (C=O) groups excluding carboxylic acids is 1. The first-order valence-electron chi connectivity index (χ1n) is 6.45. The van der Waals surface area contributed by atoms with Crippen LogP contribution in [0.3, 0.4) is 0 Å². The Hall–Kier alpha value is -2.32. The molecule has 0 aliphatic heterocycles. The second-order valence-electron chi connectivity index (χ2n) is 4.71. The Labute approximate surface area is 122 Å². The van der Waals surface area contributed by atoms with Gasteiger partial charge in [0.1, 0.15) is 11.9 Å². The van der Waals surface area contributed by atoms with Crippen molar-refractivity contribution >= 4 is 5.91 Å². The van der Waals surface area contributed by atoms with Gasteiger partial charge >= 0.3 is 0 Å². The van der Waals surface area contributed by atoms with Crippen LogP contribution >= 0.6 is 0 Å². The predicted octanol–water partition coefficient (Wildman–Crippen LogP) is -0.401. The van der Waals surface area contributed by atoms with Crippen LogP contribution in [0.25, 0.3) is 5.69 Å². The average molecular weight is 290 g/mol. The van der Waals surface area contributed by atoms with E-state index in [4.69, 9.17) is 10.5 Å². The molecular formula is C13H18N6O2. The number of carbonyl (C=O) groups is 1. The summed E-state index contributed by atoms with van der Waals surface area (Å²) in [5.41, 5.74) is 6.05. The van der Waals surface area contributed by atoms with Gasteiger partial charge < -0.3 is 10.5 Å². The Balaban J connectivity index is 2.32. The molecule has 0 spiro atoms. The predicted molar refractivity (Wildman–Crippen MR) is 75.6 cm³/mol. The SMILES string of the molecule is COCCNC(C)(C(N)=O)c1cccc(-n2cnnn2)c1. The van der Waals surface area contributed by atoms with E-state index in [0.717, 1.165) is 11.3 Å². The van der Waals surface area contributed by atoms with E-state index < -0.39 is 11.4 Å². The topological polar surface area (TPSA) is 108 Å². The molecule has 0 bridgehead atoms. The molecule has 1 aromatic heterocycles. The van der Waals surface area contributed by atoms with Gasteiger partial charge in [0.15, 0.2) is 0 Å². The smallest absolute Gasteiger partial charge is 0.242 e. The standard InChI is InChI=1S/C13H18N6O2/c1-13(12(14)20,15-6-7-21-2)10-4-3-5-11(8-10)19-9-16-17-18-19/h3-5,8-9,15H,6-7H2,1-2H3,(H2,14,20). The Kier molecular flexibility index (Phi) is 4.61. The number of ether oxygens (including phenoxy) is 1. The van der Waals surface area contributed by atoms with E-state index in [-0.39, 0.29) is 0 Å². The molecule has 2 aromatic rings. The minimum Gasteiger partial charge on any atom is -0.383 e. The van der Waals surface area contributed by atoms with Crippen molar-refractivity contribution in [3.8, 4) is 5.69 Å². The number of methoxy groups -OCH3 is 1. The highest BCUT2D eigenvalue weighted by atomic mass is 16.5. The van der Waals surface area contributed by atoms with E-state index in [1.54, 1.807) is 14.0 Å². The second-order valence-corrected chi connectivity index (χ2v) is 4.71. The van der Waals surface area contributed by atoms with Crippen LogP contribution < -0.4 is 11.1 Å².